The van der Waals surface area contributed by atoms with Crippen LogP contribution in [0.25, 0.3) is 10.8 Å². The molecule has 0 radical (unpaired) electrons. The van der Waals surface area contributed by atoms with Crippen LogP contribution in [0, 0.1) is 0 Å². The molecule has 0 bridgehead atoms. The summed E-state index contributed by atoms with van der Waals surface area (Å²) in [5.41, 5.74) is 6.95. The maximum Gasteiger partial charge on any atom is 0.278 e. The van der Waals surface area contributed by atoms with E-state index in [0.717, 1.165) is 5.39 Å². The van der Waals surface area contributed by atoms with Gasteiger partial charge in [0.15, 0.2) is 6.61 Å². The third-order valence-electron chi connectivity index (χ3n) is 2.52. The zero-order valence-corrected chi connectivity index (χ0v) is 9.92. The van der Waals surface area contributed by atoms with Crippen LogP contribution in [0.3, 0.4) is 0 Å². The smallest absolute Gasteiger partial charge is 0.278 e. The van der Waals surface area contributed by atoms with Gasteiger partial charge in [-0.05, 0) is 11.5 Å². The number of phenols is 1. The summed E-state index contributed by atoms with van der Waals surface area (Å²) < 4.78 is 0. The molecule has 0 atom stereocenters. The molecule has 4 N–H and O–H groups in total. The van der Waals surface area contributed by atoms with Crippen LogP contribution in [0.2, 0.25) is 0 Å². The highest BCUT2D eigenvalue weighted by Gasteiger charge is 2.13. The van der Waals surface area contributed by atoms with Crippen molar-refractivity contribution in [2.75, 3.05) is 6.61 Å². The second-order valence-corrected chi connectivity index (χ2v) is 3.87. The predicted molar refractivity (Wildman–Crippen MR) is 68.2 cm³/mol. The Morgan fingerprint density at radius 1 is 1.21 bits per heavy atom. The van der Waals surface area contributed by atoms with E-state index in [0.29, 0.717) is 5.39 Å². The van der Waals surface area contributed by atoms with Gasteiger partial charge in [0.25, 0.3) is 5.91 Å². The first kappa shape index (κ1) is 12.8. The van der Waals surface area contributed by atoms with Crippen molar-refractivity contribution in [1.29, 1.82) is 0 Å². The molecule has 98 valence electrons. The first-order chi connectivity index (χ1) is 9.09. The van der Waals surface area contributed by atoms with Gasteiger partial charge in [-0.25, -0.2) is 5.48 Å². The quantitative estimate of drug-likeness (QED) is 0.704. The fourth-order valence-corrected chi connectivity index (χ4v) is 1.67. The molecule has 2 rings (SSSR count). The number of carbonyl (C=O) groups excluding carboxylic acids is 2. The Bertz CT molecular complexity index is 640. The van der Waals surface area contributed by atoms with E-state index in [-0.39, 0.29) is 11.3 Å². The van der Waals surface area contributed by atoms with Crippen LogP contribution in [0.1, 0.15) is 10.4 Å². The standard InChI is InChI=1S/C13H12N2O4/c14-11(16)7-19-15-13(18)10-6-5-8-3-1-2-4-9(8)12(10)17/h1-6,17H,7H2,(H2,14,16)(H,15,18). The fraction of sp³-hybridized carbons (Fsp3) is 0.0769. The summed E-state index contributed by atoms with van der Waals surface area (Å²) in [6.45, 7) is -0.430. The Morgan fingerprint density at radius 2 is 1.95 bits per heavy atom. The third-order valence-corrected chi connectivity index (χ3v) is 2.52. The van der Waals surface area contributed by atoms with Crippen molar-refractivity contribution in [2.45, 2.75) is 0 Å². The third kappa shape index (κ3) is 2.80. The van der Waals surface area contributed by atoms with E-state index >= 15 is 0 Å². The minimum atomic E-state index is -0.706. The number of amides is 2. The van der Waals surface area contributed by atoms with Gasteiger partial charge >= 0.3 is 0 Å². The zero-order chi connectivity index (χ0) is 13.8. The Labute approximate surface area is 108 Å². The lowest BCUT2D eigenvalue weighted by molar-refractivity contribution is -0.124. The second kappa shape index (κ2) is 5.36. The van der Waals surface area contributed by atoms with Crippen molar-refractivity contribution in [3.05, 3.63) is 42.0 Å². The molecule has 0 aromatic heterocycles. The van der Waals surface area contributed by atoms with Gasteiger partial charge in [0.1, 0.15) is 5.75 Å². The van der Waals surface area contributed by atoms with E-state index in [2.05, 4.69) is 4.84 Å². The first-order valence-corrected chi connectivity index (χ1v) is 5.50. The van der Waals surface area contributed by atoms with E-state index in [4.69, 9.17) is 5.73 Å². The minimum Gasteiger partial charge on any atom is -0.506 e. The number of hydrogen-bond acceptors (Lipinski definition) is 4. The summed E-state index contributed by atoms with van der Waals surface area (Å²) in [5, 5.41) is 11.4. The van der Waals surface area contributed by atoms with Crippen LogP contribution in [-0.4, -0.2) is 23.5 Å². The fourth-order valence-electron chi connectivity index (χ4n) is 1.67. The molecule has 2 amide bonds. The molecule has 0 fully saturated rings. The molecule has 0 heterocycles. The molecular weight excluding hydrogens is 248 g/mol. The number of aromatic hydroxyl groups is 1. The maximum absolute atomic E-state index is 11.7. The highest BCUT2D eigenvalue weighted by atomic mass is 16.7. The summed E-state index contributed by atoms with van der Waals surface area (Å²) in [5.74, 6) is -1.49. The van der Waals surface area contributed by atoms with Crippen LogP contribution >= 0.6 is 0 Å². The summed E-state index contributed by atoms with van der Waals surface area (Å²) in [6.07, 6.45) is 0. The van der Waals surface area contributed by atoms with Crippen LogP contribution < -0.4 is 11.2 Å². The molecule has 0 saturated heterocycles. The van der Waals surface area contributed by atoms with Crippen molar-refractivity contribution in [2.24, 2.45) is 5.73 Å². The Hall–Kier alpha value is -2.60. The number of benzene rings is 2. The van der Waals surface area contributed by atoms with Crippen molar-refractivity contribution >= 4 is 22.6 Å². The molecular formula is C13H12N2O4. The number of phenolic OH excluding ortho intramolecular Hbond substituents is 1. The molecule has 0 aliphatic carbocycles. The van der Waals surface area contributed by atoms with E-state index in [1.807, 2.05) is 17.6 Å². The molecule has 2 aromatic rings. The highest BCUT2D eigenvalue weighted by Crippen LogP contribution is 2.28. The molecule has 6 nitrogen and oxygen atoms in total. The lowest BCUT2D eigenvalue weighted by Gasteiger charge is -2.08. The lowest BCUT2D eigenvalue weighted by Crippen LogP contribution is -2.29. The van der Waals surface area contributed by atoms with Gasteiger partial charge in [0, 0.05) is 5.39 Å². The average Bonchev–Trinajstić information content (AvgIpc) is 2.39. The topological polar surface area (TPSA) is 102 Å². The number of primary amides is 1. The number of rotatable bonds is 4. The number of carbonyl (C=O) groups is 2. The summed E-state index contributed by atoms with van der Waals surface area (Å²) >= 11 is 0. The number of fused-ring (bicyclic) bond motifs is 1. The van der Waals surface area contributed by atoms with Gasteiger partial charge in [-0.15, -0.1) is 0 Å². The molecule has 0 spiro atoms. The van der Waals surface area contributed by atoms with Crippen LogP contribution in [0.15, 0.2) is 36.4 Å². The van der Waals surface area contributed by atoms with Gasteiger partial charge in [0.05, 0.1) is 5.56 Å². The van der Waals surface area contributed by atoms with Crippen molar-refractivity contribution in [3.63, 3.8) is 0 Å². The normalized spacial score (nSPS) is 10.3. The number of nitrogens with one attached hydrogen (secondary N) is 1. The number of hydrogen-bond donors (Lipinski definition) is 3. The van der Waals surface area contributed by atoms with Crippen molar-refractivity contribution in [3.8, 4) is 5.75 Å². The van der Waals surface area contributed by atoms with Gasteiger partial charge in [-0.2, -0.15) is 0 Å². The zero-order valence-electron chi connectivity index (χ0n) is 9.92. The van der Waals surface area contributed by atoms with Crippen LogP contribution in [-0.2, 0) is 9.63 Å². The number of nitrogens with two attached hydrogens (primary N) is 1. The van der Waals surface area contributed by atoms with E-state index in [1.54, 1.807) is 18.2 Å². The average molecular weight is 260 g/mol. The first-order valence-electron chi connectivity index (χ1n) is 5.50. The Morgan fingerprint density at radius 3 is 2.68 bits per heavy atom. The molecule has 0 aliphatic rings. The monoisotopic (exact) mass is 260 g/mol. The Kier molecular flexibility index (Phi) is 3.63. The summed E-state index contributed by atoms with van der Waals surface area (Å²) in [6, 6.07) is 10.3. The van der Waals surface area contributed by atoms with E-state index in [9.17, 15) is 14.7 Å². The van der Waals surface area contributed by atoms with Gasteiger partial charge < -0.3 is 10.8 Å². The van der Waals surface area contributed by atoms with Crippen LogP contribution in [0.5, 0.6) is 5.75 Å². The maximum atomic E-state index is 11.7. The lowest BCUT2D eigenvalue weighted by atomic mass is 10.1. The molecule has 0 aliphatic heterocycles. The summed E-state index contributed by atoms with van der Waals surface area (Å²) in [4.78, 5) is 26.8. The molecule has 6 heteroatoms. The summed E-state index contributed by atoms with van der Waals surface area (Å²) in [7, 11) is 0. The van der Waals surface area contributed by atoms with Crippen LogP contribution in [0.4, 0.5) is 0 Å². The molecule has 2 aromatic carbocycles. The van der Waals surface area contributed by atoms with Gasteiger partial charge in [-0.3, -0.25) is 14.4 Å². The molecule has 0 unspecified atom stereocenters. The minimum absolute atomic E-state index is 0.0585. The number of hydroxylamine groups is 1. The molecule has 19 heavy (non-hydrogen) atoms. The largest absolute Gasteiger partial charge is 0.506 e. The van der Waals surface area contributed by atoms with E-state index < -0.39 is 18.4 Å². The van der Waals surface area contributed by atoms with Crippen molar-refractivity contribution in [1.82, 2.24) is 5.48 Å². The van der Waals surface area contributed by atoms with Gasteiger partial charge in [0.2, 0.25) is 5.91 Å². The SMILES string of the molecule is NC(=O)CONC(=O)c1ccc2ccccc2c1O. The molecule has 0 saturated carbocycles. The van der Waals surface area contributed by atoms with Crippen molar-refractivity contribution < 1.29 is 19.5 Å². The van der Waals surface area contributed by atoms with E-state index in [1.165, 1.54) is 6.07 Å². The van der Waals surface area contributed by atoms with Gasteiger partial charge in [-0.1, -0.05) is 30.3 Å². The highest BCUT2D eigenvalue weighted by molar-refractivity contribution is 6.03. The second-order valence-electron chi connectivity index (χ2n) is 3.87. The predicted octanol–water partition coefficient (Wildman–Crippen LogP) is 0.692. The Balaban J connectivity index is 2.22.